The molecule has 2 aromatic rings. The molecule has 7 nitrogen and oxygen atoms in total. The van der Waals surface area contributed by atoms with E-state index in [2.05, 4.69) is 5.32 Å². The van der Waals surface area contributed by atoms with Crippen molar-refractivity contribution in [2.45, 2.75) is 0 Å². The quantitative estimate of drug-likeness (QED) is 0.702. The molecule has 9 heteroatoms. The van der Waals surface area contributed by atoms with Gasteiger partial charge in [-0.1, -0.05) is 0 Å². The third-order valence-electron chi connectivity index (χ3n) is 3.59. The molecule has 0 aromatic heterocycles. The second-order valence-corrected chi connectivity index (χ2v) is 7.66. The second-order valence-electron chi connectivity index (χ2n) is 5.68. The van der Waals surface area contributed by atoms with Crippen LogP contribution in [0.2, 0.25) is 0 Å². The zero-order chi connectivity index (χ0) is 19.9. The Hall–Kier alpha value is -2.65. The summed E-state index contributed by atoms with van der Waals surface area (Å²) in [5, 5.41) is 2.53. The number of hydrogen-bond donors (Lipinski definition) is 1. The van der Waals surface area contributed by atoms with Crippen molar-refractivity contribution in [1.82, 2.24) is 4.31 Å². The largest absolute Gasteiger partial charge is 0.497 e. The minimum absolute atomic E-state index is 0.00169. The molecule has 0 aliphatic heterocycles. The van der Waals surface area contributed by atoms with Crippen LogP contribution >= 0.6 is 0 Å². The van der Waals surface area contributed by atoms with Crippen LogP contribution < -0.4 is 14.8 Å². The van der Waals surface area contributed by atoms with Gasteiger partial charge in [-0.05, 0) is 48.5 Å². The highest BCUT2D eigenvalue weighted by atomic mass is 32.2. The van der Waals surface area contributed by atoms with Gasteiger partial charge in [-0.3, -0.25) is 4.79 Å². The van der Waals surface area contributed by atoms with Gasteiger partial charge in [0.15, 0.2) is 0 Å². The van der Waals surface area contributed by atoms with Crippen molar-refractivity contribution in [2.75, 3.05) is 38.4 Å². The van der Waals surface area contributed by atoms with Gasteiger partial charge in [0.05, 0.1) is 19.9 Å². The summed E-state index contributed by atoms with van der Waals surface area (Å²) in [4.78, 5) is 12.1. The van der Waals surface area contributed by atoms with Gasteiger partial charge in [-0.15, -0.1) is 0 Å². The first kappa shape index (κ1) is 20.7. The number of nitrogens with zero attached hydrogens (tertiary/aromatic N) is 1. The van der Waals surface area contributed by atoms with Crippen LogP contribution in [-0.4, -0.2) is 51.7 Å². The van der Waals surface area contributed by atoms with Crippen molar-refractivity contribution >= 4 is 21.6 Å². The predicted octanol–water partition coefficient (Wildman–Crippen LogP) is 2.11. The second kappa shape index (κ2) is 9.33. The van der Waals surface area contributed by atoms with E-state index in [1.165, 1.54) is 24.3 Å². The van der Waals surface area contributed by atoms with E-state index in [0.29, 0.717) is 17.2 Å². The molecule has 0 atom stereocenters. The Balaban J connectivity index is 1.90. The highest BCUT2D eigenvalue weighted by Crippen LogP contribution is 2.17. The summed E-state index contributed by atoms with van der Waals surface area (Å²) in [6, 6.07) is 12.0. The van der Waals surface area contributed by atoms with Gasteiger partial charge in [0, 0.05) is 12.2 Å². The molecule has 2 aromatic carbocycles. The number of amides is 1. The lowest BCUT2D eigenvalue weighted by Gasteiger charge is -2.19. The van der Waals surface area contributed by atoms with E-state index >= 15 is 0 Å². The molecule has 0 saturated heterocycles. The van der Waals surface area contributed by atoms with Gasteiger partial charge >= 0.3 is 0 Å². The van der Waals surface area contributed by atoms with E-state index in [4.69, 9.17) is 9.47 Å². The fraction of sp³-hybridized carbons (Fsp3) is 0.278. The number of hydrogen-bond acceptors (Lipinski definition) is 5. The highest BCUT2D eigenvalue weighted by molar-refractivity contribution is 7.88. The standard InChI is InChI=1S/C18H21FN2O5S/c1-25-16-7-9-17(10-8-16)26-12-11-21(27(2,23)24)13-18(22)20-15-5-3-14(19)4-6-15/h3-10H,11-13H2,1-2H3,(H,20,22). The van der Waals surface area contributed by atoms with Crippen molar-refractivity contribution in [1.29, 1.82) is 0 Å². The Bertz CT molecular complexity index is 854. The maximum Gasteiger partial charge on any atom is 0.239 e. The average Bonchev–Trinajstić information content (AvgIpc) is 2.62. The number of carbonyl (C=O) groups is 1. The maximum absolute atomic E-state index is 12.9. The van der Waals surface area contributed by atoms with Crippen molar-refractivity contribution in [3.63, 3.8) is 0 Å². The Kier molecular flexibility index (Phi) is 7.14. The number of anilines is 1. The molecule has 2 rings (SSSR count). The summed E-state index contributed by atoms with van der Waals surface area (Å²) in [5.41, 5.74) is 0.379. The molecule has 27 heavy (non-hydrogen) atoms. The zero-order valence-corrected chi connectivity index (χ0v) is 15.8. The molecule has 0 radical (unpaired) electrons. The fourth-order valence-corrected chi connectivity index (χ4v) is 2.95. The summed E-state index contributed by atoms with van der Waals surface area (Å²) in [6.45, 7) is -0.299. The Morgan fingerprint density at radius 2 is 1.67 bits per heavy atom. The lowest BCUT2D eigenvalue weighted by molar-refractivity contribution is -0.116. The van der Waals surface area contributed by atoms with Crippen LogP contribution in [0.3, 0.4) is 0 Å². The summed E-state index contributed by atoms with van der Waals surface area (Å²) < 4.78 is 48.3. The van der Waals surface area contributed by atoms with Crippen LogP contribution in [0.4, 0.5) is 10.1 Å². The number of benzene rings is 2. The van der Waals surface area contributed by atoms with Gasteiger partial charge in [0.1, 0.15) is 23.9 Å². The first-order valence-corrected chi connectivity index (χ1v) is 9.90. The van der Waals surface area contributed by atoms with Gasteiger partial charge in [0.25, 0.3) is 0 Å². The van der Waals surface area contributed by atoms with Crippen molar-refractivity contribution in [3.8, 4) is 11.5 Å². The van der Waals surface area contributed by atoms with Crippen molar-refractivity contribution in [2.24, 2.45) is 0 Å². The molecule has 0 heterocycles. The van der Waals surface area contributed by atoms with Crippen molar-refractivity contribution < 1.29 is 27.1 Å². The van der Waals surface area contributed by atoms with E-state index in [0.717, 1.165) is 10.6 Å². The SMILES string of the molecule is COc1ccc(OCCN(CC(=O)Nc2ccc(F)cc2)S(C)(=O)=O)cc1. The van der Waals surface area contributed by atoms with Crippen LogP contribution in [0.5, 0.6) is 11.5 Å². The lowest BCUT2D eigenvalue weighted by Crippen LogP contribution is -2.39. The number of methoxy groups -OCH3 is 1. The molecular weight excluding hydrogens is 375 g/mol. The molecule has 1 N–H and O–H groups in total. The smallest absolute Gasteiger partial charge is 0.239 e. The minimum atomic E-state index is -3.61. The number of nitrogens with one attached hydrogen (secondary N) is 1. The highest BCUT2D eigenvalue weighted by Gasteiger charge is 2.20. The Morgan fingerprint density at radius 3 is 2.22 bits per heavy atom. The number of rotatable bonds is 9. The molecule has 0 bridgehead atoms. The number of halogens is 1. The maximum atomic E-state index is 12.9. The molecule has 146 valence electrons. The first-order chi connectivity index (χ1) is 12.8. The van der Waals surface area contributed by atoms with Crippen LogP contribution in [0.25, 0.3) is 0 Å². The normalized spacial score (nSPS) is 11.3. The van der Waals surface area contributed by atoms with E-state index in [1.807, 2.05) is 0 Å². The van der Waals surface area contributed by atoms with Crippen LogP contribution in [-0.2, 0) is 14.8 Å². The topological polar surface area (TPSA) is 84.9 Å². The molecule has 0 spiro atoms. The van der Waals surface area contributed by atoms with Crippen LogP contribution in [0.15, 0.2) is 48.5 Å². The van der Waals surface area contributed by atoms with E-state index < -0.39 is 21.7 Å². The van der Waals surface area contributed by atoms with E-state index in [1.54, 1.807) is 31.4 Å². The van der Waals surface area contributed by atoms with E-state index in [-0.39, 0.29) is 19.7 Å². The third-order valence-corrected chi connectivity index (χ3v) is 4.84. The molecule has 0 fully saturated rings. The Labute approximate surface area is 157 Å². The first-order valence-electron chi connectivity index (χ1n) is 8.05. The minimum Gasteiger partial charge on any atom is -0.497 e. The molecule has 0 aliphatic carbocycles. The molecule has 0 aliphatic rings. The van der Waals surface area contributed by atoms with Crippen molar-refractivity contribution in [3.05, 3.63) is 54.3 Å². The summed E-state index contributed by atoms with van der Waals surface area (Å²) in [6.07, 6.45) is 1.02. The summed E-state index contributed by atoms with van der Waals surface area (Å²) >= 11 is 0. The van der Waals surface area contributed by atoms with Gasteiger partial charge < -0.3 is 14.8 Å². The third kappa shape index (κ3) is 6.87. The number of ether oxygens (including phenoxy) is 2. The Morgan fingerprint density at radius 1 is 1.07 bits per heavy atom. The van der Waals surface area contributed by atoms with Gasteiger partial charge in [0.2, 0.25) is 15.9 Å². The average molecular weight is 396 g/mol. The number of sulfonamides is 1. The fourth-order valence-electron chi connectivity index (χ4n) is 2.19. The molecule has 0 saturated carbocycles. The lowest BCUT2D eigenvalue weighted by atomic mass is 10.3. The summed E-state index contributed by atoms with van der Waals surface area (Å²) in [5.74, 6) is 0.274. The number of carbonyl (C=O) groups excluding carboxylic acids is 1. The predicted molar refractivity (Wildman–Crippen MR) is 99.9 cm³/mol. The monoisotopic (exact) mass is 396 g/mol. The molecule has 1 amide bonds. The van der Waals surface area contributed by atoms with Crippen LogP contribution in [0, 0.1) is 5.82 Å². The van der Waals surface area contributed by atoms with Gasteiger partial charge in [-0.25, -0.2) is 12.8 Å². The molecular formula is C18H21FN2O5S. The van der Waals surface area contributed by atoms with Crippen LogP contribution in [0.1, 0.15) is 0 Å². The van der Waals surface area contributed by atoms with E-state index in [9.17, 15) is 17.6 Å². The molecule has 0 unspecified atom stereocenters. The summed E-state index contributed by atoms with van der Waals surface area (Å²) in [7, 11) is -2.06. The van der Waals surface area contributed by atoms with Gasteiger partial charge in [-0.2, -0.15) is 4.31 Å². The zero-order valence-electron chi connectivity index (χ0n) is 15.0.